The second-order valence-electron chi connectivity index (χ2n) is 5.47. The third kappa shape index (κ3) is 3.35. The van der Waals surface area contributed by atoms with Crippen molar-refractivity contribution in [3.05, 3.63) is 35.9 Å². The van der Waals surface area contributed by atoms with E-state index in [-0.39, 0.29) is 11.4 Å². The maximum absolute atomic E-state index is 12.4. The number of likely N-dealkylation sites (tertiary alicyclic amines) is 1. The fourth-order valence-corrected chi connectivity index (χ4v) is 2.77. The van der Waals surface area contributed by atoms with Gasteiger partial charge in [0.1, 0.15) is 0 Å². The molecular formula is C16H23NO2. The van der Waals surface area contributed by atoms with E-state index in [0.717, 1.165) is 32.4 Å². The molecule has 3 nitrogen and oxygen atoms in total. The van der Waals surface area contributed by atoms with E-state index in [1.54, 1.807) is 0 Å². The van der Waals surface area contributed by atoms with Gasteiger partial charge in [0.2, 0.25) is 0 Å². The number of rotatable bonds is 4. The minimum absolute atomic E-state index is 0.0213. The van der Waals surface area contributed by atoms with E-state index in [2.05, 4.69) is 24.1 Å². The van der Waals surface area contributed by atoms with Crippen LogP contribution in [0.2, 0.25) is 0 Å². The van der Waals surface area contributed by atoms with Crippen LogP contribution < -0.4 is 0 Å². The summed E-state index contributed by atoms with van der Waals surface area (Å²) in [5.74, 6) is -0.0213. The first-order valence-electron chi connectivity index (χ1n) is 7.06. The highest BCUT2D eigenvalue weighted by molar-refractivity contribution is 5.77. The number of esters is 1. The minimum atomic E-state index is -0.329. The Hall–Kier alpha value is -1.35. The molecule has 1 aliphatic rings. The fraction of sp³-hybridized carbons (Fsp3) is 0.562. The monoisotopic (exact) mass is 261 g/mol. The Morgan fingerprint density at radius 2 is 1.89 bits per heavy atom. The van der Waals surface area contributed by atoms with Crippen molar-refractivity contribution in [3.8, 4) is 0 Å². The second kappa shape index (κ2) is 6.20. The van der Waals surface area contributed by atoms with Crippen LogP contribution in [0, 0.1) is 5.41 Å². The van der Waals surface area contributed by atoms with E-state index in [4.69, 9.17) is 4.74 Å². The van der Waals surface area contributed by atoms with Crippen molar-refractivity contribution in [3.63, 3.8) is 0 Å². The number of carbonyl (C=O) groups excluding carboxylic acids is 1. The summed E-state index contributed by atoms with van der Waals surface area (Å²) < 4.78 is 5.33. The zero-order chi connectivity index (χ0) is 13.7. The summed E-state index contributed by atoms with van der Waals surface area (Å²) in [5.41, 5.74) is 0.893. The first-order chi connectivity index (χ1) is 9.16. The topological polar surface area (TPSA) is 29.5 Å². The molecule has 0 spiro atoms. The lowest BCUT2D eigenvalue weighted by Gasteiger charge is -2.38. The van der Waals surface area contributed by atoms with Crippen LogP contribution in [0.1, 0.15) is 25.3 Å². The molecule has 0 aliphatic carbocycles. The van der Waals surface area contributed by atoms with E-state index in [1.165, 1.54) is 5.56 Å². The van der Waals surface area contributed by atoms with Gasteiger partial charge in [-0.3, -0.25) is 4.79 Å². The molecule has 1 fully saturated rings. The van der Waals surface area contributed by atoms with Crippen LogP contribution in [-0.2, 0) is 16.0 Å². The second-order valence-corrected chi connectivity index (χ2v) is 5.47. The predicted molar refractivity (Wildman–Crippen MR) is 75.9 cm³/mol. The minimum Gasteiger partial charge on any atom is -0.466 e. The molecule has 0 unspecified atom stereocenters. The molecule has 104 valence electrons. The van der Waals surface area contributed by atoms with Crippen molar-refractivity contribution in [1.82, 2.24) is 4.90 Å². The number of hydrogen-bond acceptors (Lipinski definition) is 3. The van der Waals surface area contributed by atoms with Crippen LogP contribution in [0.15, 0.2) is 30.3 Å². The van der Waals surface area contributed by atoms with Gasteiger partial charge >= 0.3 is 5.97 Å². The molecule has 1 aliphatic heterocycles. The Labute approximate surface area is 115 Å². The number of hydrogen-bond donors (Lipinski definition) is 0. The molecule has 1 heterocycles. The van der Waals surface area contributed by atoms with Gasteiger partial charge in [-0.25, -0.2) is 0 Å². The van der Waals surface area contributed by atoms with E-state index in [1.807, 2.05) is 25.1 Å². The first kappa shape index (κ1) is 14.1. The number of nitrogens with zero attached hydrogens (tertiary/aromatic N) is 1. The SMILES string of the molecule is CCOC(=O)C1(Cc2ccccc2)CCN(C)CC1. The largest absolute Gasteiger partial charge is 0.466 e. The molecule has 19 heavy (non-hydrogen) atoms. The van der Waals surface area contributed by atoms with Crippen molar-refractivity contribution in [1.29, 1.82) is 0 Å². The molecule has 0 aromatic heterocycles. The highest BCUT2D eigenvalue weighted by Crippen LogP contribution is 2.36. The summed E-state index contributed by atoms with van der Waals surface area (Å²) in [6.07, 6.45) is 2.56. The molecule has 1 aromatic carbocycles. The average molecular weight is 261 g/mol. The van der Waals surface area contributed by atoms with Gasteiger partial charge in [-0.05, 0) is 51.9 Å². The van der Waals surface area contributed by atoms with Crippen molar-refractivity contribution in [2.45, 2.75) is 26.2 Å². The van der Waals surface area contributed by atoms with Crippen LogP contribution in [-0.4, -0.2) is 37.6 Å². The van der Waals surface area contributed by atoms with E-state index < -0.39 is 0 Å². The molecule has 3 heteroatoms. The third-order valence-electron chi connectivity index (χ3n) is 4.04. The molecule has 0 atom stereocenters. The van der Waals surface area contributed by atoms with Gasteiger partial charge in [-0.1, -0.05) is 30.3 Å². The lowest BCUT2D eigenvalue weighted by molar-refractivity contribution is -0.158. The van der Waals surface area contributed by atoms with Crippen LogP contribution in [0.5, 0.6) is 0 Å². The quantitative estimate of drug-likeness (QED) is 0.780. The smallest absolute Gasteiger partial charge is 0.312 e. The Bertz CT molecular complexity index is 408. The van der Waals surface area contributed by atoms with E-state index in [9.17, 15) is 4.79 Å². The number of carbonyl (C=O) groups is 1. The maximum atomic E-state index is 12.4. The molecule has 0 saturated carbocycles. The molecule has 0 amide bonds. The van der Waals surface area contributed by atoms with Gasteiger partial charge in [-0.2, -0.15) is 0 Å². The molecule has 0 radical (unpaired) electrons. The molecular weight excluding hydrogens is 238 g/mol. The number of ether oxygens (including phenoxy) is 1. The summed E-state index contributed by atoms with van der Waals surface area (Å²) in [4.78, 5) is 14.7. The number of piperidine rings is 1. The zero-order valence-corrected chi connectivity index (χ0v) is 11.9. The van der Waals surface area contributed by atoms with Crippen molar-refractivity contribution >= 4 is 5.97 Å². The highest BCUT2D eigenvalue weighted by atomic mass is 16.5. The predicted octanol–water partition coefficient (Wildman–Crippen LogP) is 2.50. The summed E-state index contributed by atoms with van der Waals surface area (Å²) in [5, 5.41) is 0. The lowest BCUT2D eigenvalue weighted by atomic mass is 9.74. The van der Waals surface area contributed by atoms with E-state index >= 15 is 0 Å². The third-order valence-corrected chi connectivity index (χ3v) is 4.04. The Balaban J connectivity index is 2.17. The van der Waals surface area contributed by atoms with Gasteiger partial charge in [0, 0.05) is 0 Å². The normalized spacial score (nSPS) is 19.1. The molecule has 0 N–H and O–H groups in total. The summed E-state index contributed by atoms with van der Waals surface area (Å²) >= 11 is 0. The van der Waals surface area contributed by atoms with Crippen molar-refractivity contribution in [2.24, 2.45) is 5.41 Å². The van der Waals surface area contributed by atoms with Gasteiger partial charge < -0.3 is 9.64 Å². The zero-order valence-electron chi connectivity index (χ0n) is 11.9. The van der Waals surface area contributed by atoms with Gasteiger partial charge in [0.25, 0.3) is 0 Å². The summed E-state index contributed by atoms with van der Waals surface area (Å²) in [7, 11) is 2.11. The van der Waals surface area contributed by atoms with Crippen LogP contribution in [0.4, 0.5) is 0 Å². The Morgan fingerprint density at radius 3 is 2.47 bits per heavy atom. The van der Waals surface area contributed by atoms with Crippen LogP contribution >= 0.6 is 0 Å². The first-order valence-corrected chi connectivity index (χ1v) is 7.06. The summed E-state index contributed by atoms with van der Waals surface area (Å²) in [6.45, 7) is 4.27. The van der Waals surface area contributed by atoms with Gasteiger partial charge in [0.05, 0.1) is 12.0 Å². The summed E-state index contributed by atoms with van der Waals surface area (Å²) in [6, 6.07) is 10.3. The fourth-order valence-electron chi connectivity index (χ4n) is 2.77. The number of benzene rings is 1. The van der Waals surface area contributed by atoms with Crippen LogP contribution in [0.25, 0.3) is 0 Å². The van der Waals surface area contributed by atoms with Crippen molar-refractivity contribution in [2.75, 3.05) is 26.7 Å². The molecule has 1 saturated heterocycles. The van der Waals surface area contributed by atoms with Gasteiger partial charge in [-0.15, -0.1) is 0 Å². The maximum Gasteiger partial charge on any atom is 0.312 e. The van der Waals surface area contributed by atoms with Crippen molar-refractivity contribution < 1.29 is 9.53 Å². The Kier molecular flexibility index (Phi) is 4.59. The van der Waals surface area contributed by atoms with Gasteiger partial charge in [0.15, 0.2) is 0 Å². The molecule has 1 aromatic rings. The molecule has 2 rings (SSSR count). The standard InChI is InChI=1S/C16H23NO2/c1-3-19-15(18)16(9-11-17(2)12-10-16)13-14-7-5-4-6-8-14/h4-8H,3,9-13H2,1-2H3. The average Bonchev–Trinajstić information content (AvgIpc) is 2.43. The lowest BCUT2D eigenvalue weighted by Crippen LogP contribution is -2.45. The molecule has 0 bridgehead atoms. The highest BCUT2D eigenvalue weighted by Gasteiger charge is 2.42. The van der Waals surface area contributed by atoms with Crippen LogP contribution in [0.3, 0.4) is 0 Å². The van der Waals surface area contributed by atoms with E-state index in [0.29, 0.717) is 6.61 Å². The Morgan fingerprint density at radius 1 is 1.26 bits per heavy atom.